The third-order valence-corrected chi connectivity index (χ3v) is 5.81. The number of non-ortho nitro benzene ring substituents is 1. The average Bonchev–Trinajstić information content (AvgIpc) is 3.30. The molecule has 0 spiro atoms. The van der Waals surface area contributed by atoms with Crippen LogP contribution in [0.15, 0.2) is 78.9 Å². The summed E-state index contributed by atoms with van der Waals surface area (Å²) in [6, 6.07) is 21.7. The van der Waals surface area contributed by atoms with Crippen LogP contribution < -0.4 is 9.96 Å². The number of fused-ring (bicyclic) bond motifs is 1. The first kappa shape index (κ1) is 19.9. The molecule has 0 aliphatic carbocycles. The number of hydrogen-bond donors (Lipinski definition) is 0. The topological polar surface area (TPSA) is 93.0 Å². The molecule has 32 heavy (non-hydrogen) atoms. The van der Waals surface area contributed by atoms with Gasteiger partial charge < -0.3 is 0 Å². The SMILES string of the molecule is Cc1cccc(N2C(=O)[C@H]3[C@@H](ON(c4ccccc4)[C@H]3c3cccc([N+](=O)[O-])c3)C2=O)c1. The number of rotatable bonds is 4. The third kappa shape index (κ3) is 3.12. The van der Waals surface area contributed by atoms with Crippen molar-refractivity contribution in [1.82, 2.24) is 0 Å². The van der Waals surface area contributed by atoms with Gasteiger partial charge in [-0.05, 0) is 42.3 Å². The Morgan fingerprint density at radius 1 is 0.875 bits per heavy atom. The Hall–Kier alpha value is -4.04. The van der Waals surface area contributed by atoms with Crippen molar-refractivity contribution in [3.8, 4) is 0 Å². The minimum Gasteiger partial charge on any atom is -0.273 e. The summed E-state index contributed by atoms with van der Waals surface area (Å²) in [4.78, 5) is 44.9. The molecule has 2 aliphatic rings. The quantitative estimate of drug-likeness (QED) is 0.354. The zero-order chi connectivity index (χ0) is 22.4. The second-order valence-electron chi connectivity index (χ2n) is 7.86. The van der Waals surface area contributed by atoms with Crippen molar-refractivity contribution in [2.24, 2.45) is 5.92 Å². The number of hydrogen-bond acceptors (Lipinski definition) is 6. The second kappa shape index (κ2) is 7.58. The van der Waals surface area contributed by atoms with E-state index < -0.39 is 28.9 Å². The van der Waals surface area contributed by atoms with Crippen LogP contribution in [-0.2, 0) is 14.4 Å². The van der Waals surface area contributed by atoms with Crippen LogP contribution in [0.3, 0.4) is 0 Å². The molecule has 3 atom stereocenters. The Labute approximate surface area is 183 Å². The van der Waals surface area contributed by atoms with E-state index >= 15 is 0 Å². The van der Waals surface area contributed by atoms with Crippen LogP contribution in [0.1, 0.15) is 17.2 Å². The molecule has 160 valence electrons. The fraction of sp³-hybridized carbons (Fsp3) is 0.167. The van der Waals surface area contributed by atoms with Crippen LogP contribution in [0.2, 0.25) is 0 Å². The van der Waals surface area contributed by atoms with Crippen molar-refractivity contribution in [2.45, 2.75) is 19.1 Å². The van der Waals surface area contributed by atoms with E-state index in [4.69, 9.17) is 4.84 Å². The minimum atomic E-state index is -1.02. The standard InChI is InChI=1S/C24H19N3O5/c1-15-7-5-11-18(13-15)25-23(28)20-21(16-8-6-12-19(14-16)27(30)31)26(32-22(20)24(25)29)17-9-3-2-4-10-17/h2-14,20-22H,1H3/t20-,21+,22-/m1/s1. The molecule has 2 heterocycles. The summed E-state index contributed by atoms with van der Waals surface area (Å²) in [5.74, 6) is -1.68. The molecule has 0 bridgehead atoms. The molecule has 8 nitrogen and oxygen atoms in total. The molecule has 0 saturated carbocycles. The first-order valence-corrected chi connectivity index (χ1v) is 10.2. The maximum absolute atomic E-state index is 13.6. The van der Waals surface area contributed by atoms with E-state index in [2.05, 4.69) is 0 Å². The van der Waals surface area contributed by atoms with Crippen molar-refractivity contribution in [3.05, 3.63) is 100 Å². The Morgan fingerprint density at radius 3 is 2.31 bits per heavy atom. The molecule has 3 aromatic rings. The monoisotopic (exact) mass is 429 g/mol. The molecule has 8 heteroatoms. The summed E-state index contributed by atoms with van der Waals surface area (Å²) < 4.78 is 0. The predicted octanol–water partition coefficient (Wildman–Crippen LogP) is 3.95. The number of anilines is 2. The molecule has 3 aromatic carbocycles. The predicted molar refractivity (Wildman–Crippen MR) is 117 cm³/mol. The van der Waals surface area contributed by atoms with Gasteiger partial charge >= 0.3 is 0 Å². The van der Waals surface area contributed by atoms with E-state index in [0.29, 0.717) is 16.9 Å². The Balaban J connectivity index is 1.61. The summed E-state index contributed by atoms with van der Waals surface area (Å²) in [5, 5.41) is 12.9. The summed E-state index contributed by atoms with van der Waals surface area (Å²) in [7, 11) is 0. The highest BCUT2D eigenvalue weighted by Gasteiger charge is 2.60. The fourth-order valence-corrected chi connectivity index (χ4v) is 4.40. The Morgan fingerprint density at radius 2 is 1.59 bits per heavy atom. The summed E-state index contributed by atoms with van der Waals surface area (Å²) in [5.41, 5.74) is 2.50. The van der Waals surface area contributed by atoms with E-state index in [0.717, 1.165) is 10.5 Å². The van der Waals surface area contributed by atoms with Crippen LogP contribution in [0.25, 0.3) is 0 Å². The summed E-state index contributed by atoms with van der Waals surface area (Å²) in [6.45, 7) is 1.88. The highest BCUT2D eigenvalue weighted by atomic mass is 16.7. The lowest BCUT2D eigenvalue weighted by Gasteiger charge is -2.28. The zero-order valence-corrected chi connectivity index (χ0v) is 17.1. The fourth-order valence-electron chi connectivity index (χ4n) is 4.40. The van der Waals surface area contributed by atoms with Crippen molar-refractivity contribution >= 4 is 28.9 Å². The van der Waals surface area contributed by atoms with E-state index in [9.17, 15) is 19.7 Å². The van der Waals surface area contributed by atoms with Crippen LogP contribution in [-0.4, -0.2) is 22.8 Å². The van der Waals surface area contributed by atoms with E-state index in [1.807, 2.05) is 31.2 Å². The number of nitro groups is 1. The van der Waals surface area contributed by atoms with Gasteiger partial charge in [-0.25, -0.2) is 9.96 Å². The molecule has 2 saturated heterocycles. The molecular weight excluding hydrogens is 410 g/mol. The summed E-state index contributed by atoms with van der Waals surface area (Å²) in [6.07, 6.45) is -1.02. The van der Waals surface area contributed by atoms with Gasteiger partial charge in [-0.2, -0.15) is 0 Å². The Kier molecular flexibility index (Phi) is 4.71. The number of nitro benzene ring substituents is 1. The number of nitrogens with zero attached hydrogens (tertiary/aromatic N) is 3. The molecule has 2 aliphatic heterocycles. The molecule has 2 amide bonds. The first-order chi connectivity index (χ1) is 15.5. The highest BCUT2D eigenvalue weighted by Crippen LogP contribution is 2.47. The van der Waals surface area contributed by atoms with Crippen molar-refractivity contribution in [2.75, 3.05) is 9.96 Å². The molecule has 0 radical (unpaired) electrons. The molecule has 0 unspecified atom stereocenters. The average molecular weight is 429 g/mol. The van der Waals surface area contributed by atoms with Crippen LogP contribution >= 0.6 is 0 Å². The van der Waals surface area contributed by atoms with Gasteiger partial charge in [0.2, 0.25) is 5.91 Å². The number of amides is 2. The highest BCUT2D eigenvalue weighted by molar-refractivity contribution is 6.24. The molecule has 2 fully saturated rings. The van der Waals surface area contributed by atoms with Crippen molar-refractivity contribution < 1.29 is 19.3 Å². The number of hydroxylamine groups is 1. The van der Waals surface area contributed by atoms with Gasteiger partial charge in [0.1, 0.15) is 5.92 Å². The normalized spacial score (nSPS) is 22.3. The molecule has 5 rings (SSSR count). The first-order valence-electron chi connectivity index (χ1n) is 10.2. The number of aryl methyl sites for hydroxylation is 1. The van der Waals surface area contributed by atoms with Gasteiger partial charge in [-0.1, -0.05) is 42.5 Å². The van der Waals surface area contributed by atoms with E-state index in [1.54, 1.807) is 42.5 Å². The number of carbonyl (C=O) groups is 2. The van der Waals surface area contributed by atoms with Gasteiger partial charge in [-0.3, -0.25) is 24.5 Å². The maximum Gasteiger partial charge on any atom is 0.269 e. The lowest BCUT2D eigenvalue weighted by atomic mass is 9.90. The van der Waals surface area contributed by atoms with Crippen LogP contribution in [0.4, 0.5) is 17.1 Å². The maximum atomic E-state index is 13.6. The third-order valence-electron chi connectivity index (χ3n) is 5.81. The van der Waals surface area contributed by atoms with Crippen molar-refractivity contribution in [3.63, 3.8) is 0 Å². The van der Waals surface area contributed by atoms with Gasteiger partial charge in [0, 0.05) is 12.1 Å². The van der Waals surface area contributed by atoms with Gasteiger partial charge in [0.05, 0.1) is 22.3 Å². The number of para-hydroxylation sites is 1. The Bertz CT molecular complexity index is 1230. The number of benzene rings is 3. The number of carbonyl (C=O) groups excluding carboxylic acids is 2. The minimum absolute atomic E-state index is 0.0914. The van der Waals surface area contributed by atoms with Gasteiger partial charge in [0.25, 0.3) is 11.6 Å². The van der Waals surface area contributed by atoms with Crippen LogP contribution in [0.5, 0.6) is 0 Å². The van der Waals surface area contributed by atoms with Crippen LogP contribution in [0, 0.1) is 23.0 Å². The van der Waals surface area contributed by atoms with E-state index in [1.165, 1.54) is 17.2 Å². The van der Waals surface area contributed by atoms with Gasteiger partial charge in [-0.15, -0.1) is 0 Å². The number of imide groups is 1. The molecule has 0 N–H and O–H groups in total. The second-order valence-corrected chi connectivity index (χ2v) is 7.86. The zero-order valence-electron chi connectivity index (χ0n) is 17.1. The molecule has 0 aromatic heterocycles. The van der Waals surface area contributed by atoms with Crippen molar-refractivity contribution in [1.29, 1.82) is 0 Å². The van der Waals surface area contributed by atoms with Gasteiger partial charge in [0.15, 0.2) is 6.10 Å². The lowest BCUT2D eigenvalue weighted by Crippen LogP contribution is -2.37. The largest absolute Gasteiger partial charge is 0.273 e. The smallest absolute Gasteiger partial charge is 0.269 e. The summed E-state index contributed by atoms with van der Waals surface area (Å²) >= 11 is 0. The lowest BCUT2D eigenvalue weighted by molar-refractivity contribution is -0.384. The van der Waals surface area contributed by atoms with E-state index in [-0.39, 0.29) is 11.6 Å². The molecular formula is C24H19N3O5.